The SMILES string of the molecule is COc1ccc(C(=O)N(C)Cc2c([O-])on[n+]2C)cc1. The van der Waals surface area contributed by atoms with E-state index in [2.05, 4.69) is 9.79 Å². The van der Waals surface area contributed by atoms with E-state index in [0.29, 0.717) is 17.0 Å². The Morgan fingerprint density at radius 3 is 2.60 bits per heavy atom. The first kappa shape index (κ1) is 13.9. The number of carbonyl (C=O) groups is 1. The molecule has 2 rings (SSSR count). The Bertz CT molecular complexity index is 587. The summed E-state index contributed by atoms with van der Waals surface area (Å²) >= 11 is 0. The lowest BCUT2D eigenvalue weighted by Crippen LogP contribution is -2.38. The Morgan fingerprint density at radius 1 is 1.45 bits per heavy atom. The van der Waals surface area contributed by atoms with Crippen molar-refractivity contribution in [3.63, 3.8) is 0 Å². The van der Waals surface area contributed by atoms with Crippen LogP contribution in [0.1, 0.15) is 16.1 Å². The van der Waals surface area contributed by atoms with Crippen molar-refractivity contribution < 1.29 is 23.8 Å². The number of benzene rings is 1. The maximum absolute atomic E-state index is 12.2. The molecular weight excluding hydrogens is 262 g/mol. The number of carbonyl (C=O) groups excluding carboxylic acids is 1. The predicted octanol–water partition coefficient (Wildman–Crippen LogP) is -0.147. The van der Waals surface area contributed by atoms with Crippen LogP contribution in [-0.2, 0) is 13.6 Å². The molecule has 0 fully saturated rings. The molecule has 1 heterocycles. The van der Waals surface area contributed by atoms with E-state index in [1.165, 1.54) is 9.58 Å². The van der Waals surface area contributed by atoms with E-state index in [0.717, 1.165) is 0 Å². The molecule has 2 aromatic rings. The van der Waals surface area contributed by atoms with Gasteiger partial charge >= 0.3 is 0 Å². The number of hydrogen-bond donors (Lipinski definition) is 0. The van der Waals surface area contributed by atoms with Gasteiger partial charge in [0, 0.05) is 12.6 Å². The van der Waals surface area contributed by atoms with E-state index in [4.69, 9.17) is 4.74 Å². The highest BCUT2D eigenvalue weighted by molar-refractivity contribution is 5.94. The van der Waals surface area contributed by atoms with Crippen LogP contribution in [0.4, 0.5) is 0 Å². The molecule has 106 valence electrons. The highest BCUT2D eigenvalue weighted by Crippen LogP contribution is 2.14. The minimum Gasteiger partial charge on any atom is -0.539 e. The molecule has 0 aliphatic heterocycles. The van der Waals surface area contributed by atoms with Gasteiger partial charge in [0.2, 0.25) is 0 Å². The Balaban J connectivity index is 2.12. The normalized spacial score (nSPS) is 10.3. The Morgan fingerprint density at radius 2 is 2.10 bits per heavy atom. The molecular formula is C13H15N3O4. The zero-order chi connectivity index (χ0) is 14.7. The second kappa shape index (κ2) is 5.60. The van der Waals surface area contributed by atoms with Gasteiger partial charge < -0.3 is 19.3 Å². The monoisotopic (exact) mass is 277 g/mol. The molecule has 1 amide bonds. The topological polar surface area (TPSA) is 82.5 Å². The molecule has 7 nitrogen and oxygen atoms in total. The number of amides is 1. The quantitative estimate of drug-likeness (QED) is 0.726. The van der Waals surface area contributed by atoms with E-state index in [1.807, 2.05) is 0 Å². The summed E-state index contributed by atoms with van der Waals surface area (Å²) in [7, 11) is 4.76. The lowest BCUT2D eigenvalue weighted by Gasteiger charge is -2.15. The molecule has 0 bridgehead atoms. The fourth-order valence-corrected chi connectivity index (χ4v) is 1.75. The Kier molecular flexibility index (Phi) is 3.88. The molecule has 0 atom stereocenters. The number of ether oxygens (including phenoxy) is 1. The van der Waals surface area contributed by atoms with E-state index in [-0.39, 0.29) is 12.5 Å². The van der Waals surface area contributed by atoms with Crippen LogP contribution in [0.5, 0.6) is 11.7 Å². The summed E-state index contributed by atoms with van der Waals surface area (Å²) in [6.45, 7) is 0.129. The van der Waals surface area contributed by atoms with Gasteiger partial charge in [0.05, 0.1) is 12.4 Å². The van der Waals surface area contributed by atoms with Gasteiger partial charge in [-0.15, -0.1) is 0 Å². The van der Waals surface area contributed by atoms with Gasteiger partial charge in [-0.3, -0.25) is 4.79 Å². The molecule has 7 heteroatoms. The summed E-state index contributed by atoms with van der Waals surface area (Å²) < 4.78 is 10.9. The zero-order valence-corrected chi connectivity index (χ0v) is 11.5. The third kappa shape index (κ3) is 2.71. The maximum atomic E-state index is 12.2. The van der Waals surface area contributed by atoms with Crippen molar-refractivity contribution in [3.05, 3.63) is 35.5 Å². The van der Waals surface area contributed by atoms with Gasteiger partial charge in [-0.05, 0) is 24.3 Å². The third-order valence-corrected chi connectivity index (χ3v) is 2.94. The minimum absolute atomic E-state index is 0.129. The van der Waals surface area contributed by atoms with Gasteiger partial charge in [-0.2, -0.15) is 0 Å². The minimum atomic E-state index is -0.540. The summed E-state index contributed by atoms with van der Waals surface area (Å²) in [5.74, 6) is -0.0633. The number of hydrogen-bond acceptors (Lipinski definition) is 5. The van der Waals surface area contributed by atoms with Crippen LogP contribution in [0.25, 0.3) is 0 Å². The van der Waals surface area contributed by atoms with Crippen LogP contribution >= 0.6 is 0 Å². The van der Waals surface area contributed by atoms with Gasteiger partial charge in [0.15, 0.2) is 13.0 Å². The van der Waals surface area contributed by atoms with E-state index in [9.17, 15) is 9.90 Å². The highest BCUT2D eigenvalue weighted by Gasteiger charge is 2.19. The highest BCUT2D eigenvalue weighted by atomic mass is 16.6. The standard InChI is InChI=1S/C13H15N3O4/c1-15(8-11-13(18)20-14-16(11)2)12(17)9-4-6-10(19-3)7-5-9/h4-7H,8H2,1-3H3. The lowest BCUT2D eigenvalue weighted by atomic mass is 10.2. The molecule has 0 saturated carbocycles. The van der Waals surface area contributed by atoms with Crippen molar-refractivity contribution in [3.8, 4) is 11.7 Å². The second-order valence-corrected chi connectivity index (χ2v) is 4.32. The van der Waals surface area contributed by atoms with Crippen LogP contribution < -0.4 is 14.5 Å². The predicted molar refractivity (Wildman–Crippen MR) is 65.9 cm³/mol. The average molecular weight is 277 g/mol. The molecule has 0 saturated heterocycles. The zero-order valence-electron chi connectivity index (χ0n) is 11.5. The first-order valence-electron chi connectivity index (χ1n) is 5.94. The second-order valence-electron chi connectivity index (χ2n) is 4.32. The van der Waals surface area contributed by atoms with Crippen molar-refractivity contribution in [2.75, 3.05) is 14.2 Å². The van der Waals surface area contributed by atoms with E-state index in [1.54, 1.807) is 45.5 Å². The molecule has 1 aromatic carbocycles. The molecule has 0 spiro atoms. The fourth-order valence-electron chi connectivity index (χ4n) is 1.75. The maximum Gasteiger partial charge on any atom is 0.254 e. The van der Waals surface area contributed by atoms with Gasteiger partial charge in [0.25, 0.3) is 11.6 Å². The van der Waals surface area contributed by atoms with Gasteiger partial charge in [-0.25, -0.2) is 0 Å². The Labute approximate surface area is 116 Å². The number of methoxy groups -OCH3 is 1. The number of nitrogens with zero attached hydrogens (tertiary/aromatic N) is 3. The fraction of sp³-hybridized carbons (Fsp3) is 0.308. The molecule has 0 radical (unpaired) electrons. The van der Waals surface area contributed by atoms with Crippen LogP contribution in [0.3, 0.4) is 0 Å². The van der Waals surface area contributed by atoms with Crippen LogP contribution in [0.15, 0.2) is 28.8 Å². The molecule has 0 unspecified atom stereocenters. The van der Waals surface area contributed by atoms with Crippen LogP contribution in [0, 0.1) is 0 Å². The molecule has 0 N–H and O–H groups in total. The largest absolute Gasteiger partial charge is 0.539 e. The summed E-state index contributed by atoms with van der Waals surface area (Å²) in [5.41, 5.74) is 0.828. The third-order valence-electron chi connectivity index (χ3n) is 2.94. The first-order chi connectivity index (χ1) is 9.52. The number of aromatic nitrogens is 2. The molecule has 0 aliphatic rings. The summed E-state index contributed by atoms with van der Waals surface area (Å²) in [6.07, 6.45) is 0. The van der Waals surface area contributed by atoms with Crippen molar-refractivity contribution in [2.24, 2.45) is 7.05 Å². The lowest BCUT2D eigenvalue weighted by molar-refractivity contribution is -0.746. The molecule has 20 heavy (non-hydrogen) atoms. The smallest absolute Gasteiger partial charge is 0.254 e. The van der Waals surface area contributed by atoms with Crippen molar-refractivity contribution in [2.45, 2.75) is 6.54 Å². The molecule has 0 aliphatic carbocycles. The average Bonchev–Trinajstić information content (AvgIpc) is 2.78. The first-order valence-corrected chi connectivity index (χ1v) is 5.94. The number of rotatable bonds is 4. The van der Waals surface area contributed by atoms with Crippen molar-refractivity contribution >= 4 is 5.91 Å². The molecule has 1 aromatic heterocycles. The number of aryl methyl sites for hydroxylation is 1. The van der Waals surface area contributed by atoms with E-state index < -0.39 is 5.95 Å². The summed E-state index contributed by atoms with van der Waals surface area (Å²) in [5, 5.41) is 14.9. The van der Waals surface area contributed by atoms with Crippen molar-refractivity contribution in [1.82, 2.24) is 10.2 Å². The summed E-state index contributed by atoms with van der Waals surface area (Å²) in [6, 6.07) is 6.76. The van der Waals surface area contributed by atoms with Crippen LogP contribution in [0.2, 0.25) is 0 Å². The Hall–Kier alpha value is -2.57. The summed E-state index contributed by atoms with van der Waals surface area (Å²) in [4.78, 5) is 13.6. The van der Waals surface area contributed by atoms with Crippen molar-refractivity contribution in [1.29, 1.82) is 0 Å². The van der Waals surface area contributed by atoms with Gasteiger partial charge in [0.1, 0.15) is 12.3 Å². The van der Waals surface area contributed by atoms with E-state index >= 15 is 0 Å². The van der Waals surface area contributed by atoms with Gasteiger partial charge in [-0.1, -0.05) is 4.68 Å². The van der Waals surface area contributed by atoms with Crippen LogP contribution in [-0.4, -0.2) is 30.2 Å².